The van der Waals surface area contributed by atoms with Crippen LogP contribution in [-0.2, 0) is 23.9 Å². The molecule has 1 unspecified atom stereocenters. The SMILES string of the molecule is Cc1ccc(S(=O)C[C@H](O)[C@H](CC2CCCCC2)N(Cc2ccccc2)Cc2ccccc2)cc1. The lowest BCUT2D eigenvalue weighted by Gasteiger charge is -2.38. The molecule has 4 rings (SSSR count). The molecule has 0 aromatic heterocycles. The average Bonchev–Trinajstić information content (AvgIpc) is 2.89. The molecule has 0 aliphatic heterocycles. The Kier molecular flexibility index (Phi) is 9.70. The highest BCUT2D eigenvalue weighted by Gasteiger charge is 2.31. The summed E-state index contributed by atoms with van der Waals surface area (Å²) < 4.78 is 13.2. The third kappa shape index (κ3) is 7.86. The van der Waals surface area contributed by atoms with Gasteiger partial charge in [0.2, 0.25) is 0 Å². The van der Waals surface area contributed by atoms with Gasteiger partial charge in [-0.1, -0.05) is 110 Å². The zero-order valence-electron chi connectivity index (χ0n) is 20.9. The fourth-order valence-corrected chi connectivity index (χ4v) is 6.46. The molecular formula is C31H39NO2S. The van der Waals surface area contributed by atoms with Gasteiger partial charge in [0.05, 0.1) is 22.7 Å². The summed E-state index contributed by atoms with van der Waals surface area (Å²) >= 11 is 0. The van der Waals surface area contributed by atoms with Gasteiger partial charge in [-0.05, 0) is 42.5 Å². The molecule has 1 N–H and O–H groups in total. The first-order chi connectivity index (χ1) is 17.1. The number of rotatable bonds is 11. The third-order valence-electron chi connectivity index (χ3n) is 7.28. The minimum Gasteiger partial charge on any atom is -0.391 e. The Labute approximate surface area is 213 Å². The van der Waals surface area contributed by atoms with E-state index in [0.717, 1.165) is 30.0 Å². The largest absolute Gasteiger partial charge is 0.391 e. The van der Waals surface area contributed by atoms with Gasteiger partial charge < -0.3 is 5.11 Å². The van der Waals surface area contributed by atoms with Crippen molar-refractivity contribution in [2.75, 3.05) is 5.75 Å². The number of aliphatic hydroxyl groups excluding tert-OH is 1. The standard InChI is InChI=1S/C31H39NO2S/c1-25-17-19-29(20-18-25)35(34)24-31(33)30(21-26-11-5-2-6-12-26)32(22-27-13-7-3-8-14-27)23-28-15-9-4-10-16-28/h3-4,7-10,13-20,26,30-31,33H,2,5-6,11-12,21-24H2,1H3/t30-,31-,35?/m0/s1. The summed E-state index contributed by atoms with van der Waals surface area (Å²) in [6.07, 6.45) is 6.63. The first-order valence-electron chi connectivity index (χ1n) is 13.0. The molecule has 35 heavy (non-hydrogen) atoms. The Balaban J connectivity index is 1.59. The highest BCUT2D eigenvalue weighted by molar-refractivity contribution is 7.85. The Hall–Kier alpha value is -2.27. The van der Waals surface area contributed by atoms with Gasteiger partial charge in [-0.2, -0.15) is 0 Å². The van der Waals surface area contributed by atoms with Crippen molar-refractivity contribution in [3.05, 3.63) is 102 Å². The van der Waals surface area contributed by atoms with Gasteiger partial charge in [-0.3, -0.25) is 9.11 Å². The number of benzene rings is 3. The number of aliphatic hydroxyl groups is 1. The number of hydrogen-bond acceptors (Lipinski definition) is 3. The van der Waals surface area contributed by atoms with E-state index in [0.29, 0.717) is 5.92 Å². The van der Waals surface area contributed by atoms with Gasteiger partial charge >= 0.3 is 0 Å². The second-order valence-electron chi connectivity index (χ2n) is 10.1. The molecule has 3 aromatic carbocycles. The first-order valence-corrected chi connectivity index (χ1v) is 14.4. The molecule has 1 fully saturated rings. The molecule has 0 radical (unpaired) electrons. The van der Waals surface area contributed by atoms with E-state index in [4.69, 9.17) is 0 Å². The normalized spacial score (nSPS) is 17.2. The lowest BCUT2D eigenvalue weighted by atomic mass is 9.83. The van der Waals surface area contributed by atoms with Crippen LogP contribution in [0.25, 0.3) is 0 Å². The van der Waals surface area contributed by atoms with E-state index in [1.807, 2.05) is 43.3 Å². The zero-order valence-corrected chi connectivity index (χ0v) is 21.7. The third-order valence-corrected chi connectivity index (χ3v) is 8.72. The van der Waals surface area contributed by atoms with Crippen molar-refractivity contribution in [2.24, 2.45) is 5.92 Å². The molecule has 3 nitrogen and oxygen atoms in total. The molecule has 0 saturated heterocycles. The molecular weight excluding hydrogens is 450 g/mol. The summed E-state index contributed by atoms with van der Waals surface area (Å²) in [7, 11) is -1.24. The van der Waals surface area contributed by atoms with Crippen LogP contribution in [0.1, 0.15) is 55.2 Å². The second-order valence-corrected chi connectivity index (χ2v) is 11.6. The summed E-state index contributed by atoms with van der Waals surface area (Å²) in [5, 5.41) is 11.6. The van der Waals surface area contributed by atoms with Crippen LogP contribution in [0.3, 0.4) is 0 Å². The van der Waals surface area contributed by atoms with E-state index in [2.05, 4.69) is 53.4 Å². The van der Waals surface area contributed by atoms with Crippen molar-refractivity contribution in [3.63, 3.8) is 0 Å². The summed E-state index contributed by atoms with van der Waals surface area (Å²) in [6.45, 7) is 3.56. The predicted octanol–water partition coefficient (Wildman–Crippen LogP) is 6.50. The maximum absolute atomic E-state index is 13.2. The van der Waals surface area contributed by atoms with E-state index < -0.39 is 16.9 Å². The number of nitrogens with zero attached hydrogens (tertiary/aromatic N) is 1. The topological polar surface area (TPSA) is 40.5 Å². The van der Waals surface area contributed by atoms with Gasteiger partial charge in [0.25, 0.3) is 0 Å². The molecule has 0 amide bonds. The molecule has 4 heteroatoms. The fraction of sp³-hybridized carbons (Fsp3) is 0.419. The Morgan fingerprint density at radius 3 is 1.91 bits per heavy atom. The van der Waals surface area contributed by atoms with Gasteiger partial charge in [-0.15, -0.1) is 0 Å². The van der Waals surface area contributed by atoms with E-state index in [1.54, 1.807) is 0 Å². The van der Waals surface area contributed by atoms with Crippen molar-refractivity contribution < 1.29 is 9.32 Å². The summed E-state index contributed by atoms with van der Waals surface area (Å²) in [5.74, 6) is 0.880. The molecule has 0 bridgehead atoms. The second kappa shape index (κ2) is 13.2. The minimum atomic E-state index is -1.24. The smallest absolute Gasteiger partial charge is 0.0814 e. The van der Waals surface area contributed by atoms with E-state index in [9.17, 15) is 9.32 Å². The van der Waals surface area contributed by atoms with Crippen LogP contribution < -0.4 is 0 Å². The van der Waals surface area contributed by atoms with Crippen LogP contribution in [0.2, 0.25) is 0 Å². The molecule has 1 saturated carbocycles. The Morgan fingerprint density at radius 1 is 0.829 bits per heavy atom. The quantitative estimate of drug-likeness (QED) is 0.334. The average molecular weight is 490 g/mol. The van der Waals surface area contributed by atoms with Crippen LogP contribution in [-0.4, -0.2) is 32.1 Å². The van der Waals surface area contributed by atoms with E-state index in [1.165, 1.54) is 43.2 Å². The number of aryl methyl sites for hydroxylation is 1. The van der Waals surface area contributed by atoms with E-state index in [-0.39, 0.29) is 11.8 Å². The first kappa shape index (κ1) is 25.8. The molecule has 186 valence electrons. The lowest BCUT2D eigenvalue weighted by Crippen LogP contribution is -2.46. The Morgan fingerprint density at radius 2 is 1.37 bits per heavy atom. The fourth-order valence-electron chi connectivity index (χ4n) is 5.29. The van der Waals surface area contributed by atoms with Crippen LogP contribution >= 0.6 is 0 Å². The van der Waals surface area contributed by atoms with Crippen molar-refractivity contribution in [3.8, 4) is 0 Å². The van der Waals surface area contributed by atoms with Crippen molar-refractivity contribution in [2.45, 2.75) is 75.6 Å². The van der Waals surface area contributed by atoms with Crippen LogP contribution in [0.15, 0.2) is 89.8 Å². The van der Waals surface area contributed by atoms with Crippen LogP contribution in [0.4, 0.5) is 0 Å². The van der Waals surface area contributed by atoms with Crippen molar-refractivity contribution >= 4 is 10.8 Å². The summed E-state index contributed by atoms with van der Waals surface area (Å²) in [5.41, 5.74) is 3.63. The van der Waals surface area contributed by atoms with Crippen molar-refractivity contribution in [1.82, 2.24) is 4.90 Å². The minimum absolute atomic E-state index is 0.0482. The Bertz CT molecular complexity index is 991. The lowest BCUT2D eigenvalue weighted by molar-refractivity contribution is 0.0344. The highest BCUT2D eigenvalue weighted by Crippen LogP contribution is 2.31. The molecule has 0 spiro atoms. The summed E-state index contributed by atoms with van der Waals surface area (Å²) in [6, 6.07) is 28.8. The molecule has 0 heterocycles. The maximum Gasteiger partial charge on any atom is 0.0814 e. The molecule has 3 aromatic rings. The molecule has 3 atom stereocenters. The monoisotopic (exact) mass is 489 g/mol. The highest BCUT2D eigenvalue weighted by atomic mass is 32.2. The zero-order chi connectivity index (χ0) is 24.5. The maximum atomic E-state index is 13.2. The molecule has 1 aliphatic carbocycles. The van der Waals surface area contributed by atoms with Gasteiger partial charge in [-0.25, -0.2) is 0 Å². The number of hydrogen-bond donors (Lipinski definition) is 1. The van der Waals surface area contributed by atoms with Gasteiger partial charge in [0, 0.05) is 24.0 Å². The van der Waals surface area contributed by atoms with E-state index >= 15 is 0 Å². The predicted molar refractivity (Wildman–Crippen MR) is 146 cm³/mol. The summed E-state index contributed by atoms with van der Waals surface area (Å²) in [4.78, 5) is 3.22. The van der Waals surface area contributed by atoms with Gasteiger partial charge in [0.15, 0.2) is 0 Å². The van der Waals surface area contributed by atoms with Gasteiger partial charge in [0.1, 0.15) is 0 Å². The van der Waals surface area contributed by atoms with Crippen LogP contribution in [0, 0.1) is 12.8 Å². The van der Waals surface area contributed by atoms with Crippen LogP contribution in [0.5, 0.6) is 0 Å². The molecule has 1 aliphatic rings. The van der Waals surface area contributed by atoms with Crippen molar-refractivity contribution in [1.29, 1.82) is 0 Å².